The third-order valence-electron chi connectivity index (χ3n) is 2.06. The number of hydrogen-bond acceptors (Lipinski definition) is 3. The van der Waals surface area contributed by atoms with E-state index in [9.17, 15) is 4.79 Å². The van der Waals surface area contributed by atoms with Crippen LogP contribution in [0.15, 0.2) is 0 Å². The van der Waals surface area contributed by atoms with Gasteiger partial charge in [-0.3, -0.25) is 0 Å². The SMILES string of the molecule is COCCOC1CCN(C(=O)O)C1. The number of nitrogens with zero attached hydrogens (tertiary/aromatic N) is 1. The van der Waals surface area contributed by atoms with Gasteiger partial charge in [0, 0.05) is 13.7 Å². The lowest BCUT2D eigenvalue weighted by Crippen LogP contribution is -2.28. The summed E-state index contributed by atoms with van der Waals surface area (Å²) < 4.78 is 10.2. The largest absolute Gasteiger partial charge is 0.465 e. The van der Waals surface area contributed by atoms with Crippen molar-refractivity contribution in [2.45, 2.75) is 12.5 Å². The van der Waals surface area contributed by atoms with E-state index in [1.807, 2.05) is 0 Å². The van der Waals surface area contributed by atoms with Crippen LogP contribution in [0.3, 0.4) is 0 Å². The number of carboxylic acid groups (broad SMARTS) is 1. The van der Waals surface area contributed by atoms with E-state index in [0.29, 0.717) is 26.3 Å². The molecule has 1 fully saturated rings. The molecule has 0 radical (unpaired) electrons. The molecule has 0 aromatic rings. The summed E-state index contributed by atoms with van der Waals surface area (Å²) in [6, 6.07) is 0. The smallest absolute Gasteiger partial charge is 0.407 e. The second-order valence-corrected chi connectivity index (χ2v) is 3.00. The zero-order valence-electron chi connectivity index (χ0n) is 7.73. The molecule has 1 aliphatic rings. The molecule has 1 heterocycles. The fraction of sp³-hybridized carbons (Fsp3) is 0.875. The molecule has 76 valence electrons. The fourth-order valence-electron chi connectivity index (χ4n) is 1.34. The standard InChI is InChI=1S/C8H15NO4/c1-12-4-5-13-7-2-3-9(6-7)8(10)11/h7H,2-6H2,1H3,(H,10,11). The summed E-state index contributed by atoms with van der Waals surface area (Å²) in [5.74, 6) is 0. The van der Waals surface area contributed by atoms with Crippen LogP contribution in [0.4, 0.5) is 4.79 Å². The second-order valence-electron chi connectivity index (χ2n) is 3.00. The zero-order valence-corrected chi connectivity index (χ0v) is 7.73. The van der Waals surface area contributed by atoms with Gasteiger partial charge in [-0.2, -0.15) is 0 Å². The molecule has 0 aliphatic carbocycles. The van der Waals surface area contributed by atoms with Crippen LogP contribution in [0.5, 0.6) is 0 Å². The van der Waals surface area contributed by atoms with Gasteiger partial charge in [0.05, 0.1) is 25.9 Å². The van der Waals surface area contributed by atoms with Crippen molar-refractivity contribution in [1.82, 2.24) is 4.90 Å². The van der Waals surface area contributed by atoms with Gasteiger partial charge in [0.25, 0.3) is 0 Å². The van der Waals surface area contributed by atoms with Crippen LogP contribution in [0.1, 0.15) is 6.42 Å². The monoisotopic (exact) mass is 189 g/mol. The van der Waals surface area contributed by atoms with Crippen LogP contribution in [0.25, 0.3) is 0 Å². The Kier molecular flexibility index (Phi) is 3.98. The van der Waals surface area contributed by atoms with Gasteiger partial charge >= 0.3 is 6.09 Å². The Hall–Kier alpha value is -0.810. The predicted octanol–water partition coefficient (Wildman–Crippen LogP) is 0.402. The van der Waals surface area contributed by atoms with Gasteiger partial charge < -0.3 is 19.5 Å². The molecule has 0 aromatic carbocycles. The van der Waals surface area contributed by atoms with Gasteiger partial charge in [0.15, 0.2) is 0 Å². The van der Waals surface area contributed by atoms with E-state index in [-0.39, 0.29) is 6.10 Å². The topological polar surface area (TPSA) is 59.0 Å². The highest BCUT2D eigenvalue weighted by atomic mass is 16.5. The summed E-state index contributed by atoms with van der Waals surface area (Å²) in [6.07, 6.45) is -0.0279. The van der Waals surface area contributed by atoms with E-state index in [1.54, 1.807) is 7.11 Å². The van der Waals surface area contributed by atoms with Crippen LogP contribution in [0, 0.1) is 0 Å². The Morgan fingerprint density at radius 3 is 2.92 bits per heavy atom. The van der Waals surface area contributed by atoms with Gasteiger partial charge in [0.1, 0.15) is 0 Å². The molecular formula is C8H15NO4. The van der Waals surface area contributed by atoms with E-state index in [1.165, 1.54) is 4.90 Å². The first-order valence-electron chi connectivity index (χ1n) is 4.32. The number of methoxy groups -OCH3 is 1. The first-order valence-corrected chi connectivity index (χ1v) is 4.32. The lowest BCUT2D eigenvalue weighted by molar-refractivity contribution is 0.0225. The van der Waals surface area contributed by atoms with Gasteiger partial charge in [0.2, 0.25) is 0 Å². The number of amides is 1. The highest BCUT2D eigenvalue weighted by molar-refractivity contribution is 5.65. The molecule has 1 atom stereocenters. The molecule has 0 bridgehead atoms. The summed E-state index contributed by atoms with van der Waals surface area (Å²) >= 11 is 0. The van der Waals surface area contributed by atoms with E-state index >= 15 is 0 Å². The molecule has 0 spiro atoms. The van der Waals surface area contributed by atoms with Crippen LogP contribution >= 0.6 is 0 Å². The number of likely N-dealkylation sites (tertiary alicyclic amines) is 1. The number of rotatable bonds is 4. The van der Waals surface area contributed by atoms with Crippen LogP contribution in [-0.2, 0) is 9.47 Å². The molecule has 1 unspecified atom stereocenters. The molecule has 1 amide bonds. The fourth-order valence-corrected chi connectivity index (χ4v) is 1.34. The highest BCUT2D eigenvalue weighted by Crippen LogP contribution is 2.12. The van der Waals surface area contributed by atoms with Crippen molar-refractivity contribution in [2.75, 3.05) is 33.4 Å². The van der Waals surface area contributed by atoms with Crippen molar-refractivity contribution in [3.63, 3.8) is 0 Å². The molecule has 13 heavy (non-hydrogen) atoms. The molecule has 5 heteroatoms. The summed E-state index contributed by atoms with van der Waals surface area (Å²) in [4.78, 5) is 11.9. The predicted molar refractivity (Wildman–Crippen MR) is 45.8 cm³/mol. The van der Waals surface area contributed by atoms with Gasteiger partial charge in [-0.05, 0) is 6.42 Å². The van der Waals surface area contributed by atoms with Crippen molar-refractivity contribution in [1.29, 1.82) is 0 Å². The molecule has 0 aromatic heterocycles. The highest BCUT2D eigenvalue weighted by Gasteiger charge is 2.25. The third kappa shape index (κ3) is 3.20. The maximum Gasteiger partial charge on any atom is 0.407 e. The minimum absolute atomic E-state index is 0.0475. The minimum Gasteiger partial charge on any atom is -0.465 e. The molecule has 1 aliphatic heterocycles. The molecule has 1 saturated heterocycles. The van der Waals surface area contributed by atoms with Gasteiger partial charge in [-0.25, -0.2) is 4.79 Å². The van der Waals surface area contributed by atoms with E-state index in [2.05, 4.69) is 0 Å². The lowest BCUT2D eigenvalue weighted by atomic mass is 10.3. The van der Waals surface area contributed by atoms with Crippen molar-refractivity contribution < 1.29 is 19.4 Å². The number of ether oxygens (including phenoxy) is 2. The van der Waals surface area contributed by atoms with Crippen molar-refractivity contribution in [3.05, 3.63) is 0 Å². The summed E-state index contributed by atoms with van der Waals surface area (Å²) in [5, 5.41) is 8.65. The Bertz CT molecular complexity index is 174. The maximum absolute atomic E-state index is 10.5. The lowest BCUT2D eigenvalue weighted by Gasteiger charge is -2.12. The molecule has 1 N–H and O–H groups in total. The van der Waals surface area contributed by atoms with Crippen LogP contribution in [0.2, 0.25) is 0 Å². The average Bonchev–Trinajstić information content (AvgIpc) is 2.53. The van der Waals surface area contributed by atoms with E-state index < -0.39 is 6.09 Å². The second kappa shape index (κ2) is 5.04. The summed E-state index contributed by atoms with van der Waals surface area (Å²) in [6.45, 7) is 2.16. The Morgan fingerprint density at radius 2 is 2.38 bits per heavy atom. The molecule has 0 saturated carbocycles. The Labute approximate surface area is 77.2 Å². The molecule has 5 nitrogen and oxygen atoms in total. The normalized spacial score (nSPS) is 22.2. The molecule has 1 rings (SSSR count). The molecular weight excluding hydrogens is 174 g/mol. The van der Waals surface area contributed by atoms with Crippen molar-refractivity contribution in [3.8, 4) is 0 Å². The summed E-state index contributed by atoms with van der Waals surface area (Å²) in [7, 11) is 1.61. The Balaban J connectivity index is 2.14. The average molecular weight is 189 g/mol. The first kappa shape index (κ1) is 10.3. The van der Waals surface area contributed by atoms with E-state index in [0.717, 1.165) is 6.42 Å². The van der Waals surface area contributed by atoms with Gasteiger partial charge in [-0.1, -0.05) is 0 Å². The number of carbonyl (C=O) groups is 1. The van der Waals surface area contributed by atoms with Gasteiger partial charge in [-0.15, -0.1) is 0 Å². The third-order valence-corrected chi connectivity index (χ3v) is 2.06. The number of hydrogen-bond donors (Lipinski definition) is 1. The zero-order chi connectivity index (χ0) is 9.68. The summed E-state index contributed by atoms with van der Waals surface area (Å²) in [5.41, 5.74) is 0. The maximum atomic E-state index is 10.5. The first-order chi connectivity index (χ1) is 6.24. The van der Waals surface area contributed by atoms with Crippen molar-refractivity contribution in [2.24, 2.45) is 0 Å². The Morgan fingerprint density at radius 1 is 1.62 bits per heavy atom. The quantitative estimate of drug-likeness (QED) is 0.650. The van der Waals surface area contributed by atoms with Crippen molar-refractivity contribution >= 4 is 6.09 Å². The minimum atomic E-state index is -0.863. The van der Waals surface area contributed by atoms with Crippen LogP contribution in [-0.4, -0.2) is 55.6 Å². The van der Waals surface area contributed by atoms with E-state index in [4.69, 9.17) is 14.6 Å². The van der Waals surface area contributed by atoms with Crippen LogP contribution < -0.4 is 0 Å².